The first kappa shape index (κ1) is 18.9. The van der Waals surface area contributed by atoms with Crippen LogP contribution in [0.2, 0.25) is 0 Å². The summed E-state index contributed by atoms with van der Waals surface area (Å²) in [4.78, 5) is 14.5. The second-order valence-electron chi connectivity index (χ2n) is 7.86. The highest BCUT2D eigenvalue weighted by molar-refractivity contribution is 5.81. The van der Waals surface area contributed by atoms with E-state index >= 15 is 0 Å². The third kappa shape index (κ3) is 5.60. The molecular weight excluding hydrogens is 300 g/mol. The number of carbonyl (C=O) groups is 1. The number of likely N-dealkylation sites (tertiary alicyclic amines) is 1. The van der Waals surface area contributed by atoms with Crippen LogP contribution < -0.4 is 5.32 Å². The highest BCUT2D eigenvalue weighted by Gasteiger charge is 2.25. The van der Waals surface area contributed by atoms with E-state index in [0.29, 0.717) is 5.92 Å². The fourth-order valence-corrected chi connectivity index (χ4v) is 3.20. The van der Waals surface area contributed by atoms with Crippen molar-refractivity contribution in [2.45, 2.75) is 39.7 Å². The van der Waals surface area contributed by atoms with Crippen molar-refractivity contribution in [2.24, 2.45) is 11.3 Å². The summed E-state index contributed by atoms with van der Waals surface area (Å²) in [5.41, 5.74) is 0.908. The molecule has 1 aromatic rings. The summed E-state index contributed by atoms with van der Waals surface area (Å²) in [6.07, 6.45) is 2.47. The molecule has 1 N–H and O–H groups in total. The van der Waals surface area contributed by atoms with Crippen molar-refractivity contribution in [1.82, 2.24) is 10.2 Å². The van der Waals surface area contributed by atoms with Gasteiger partial charge in [-0.2, -0.15) is 0 Å². The molecule has 0 bridgehead atoms. The van der Waals surface area contributed by atoms with E-state index in [1.54, 1.807) is 7.11 Å². The second kappa shape index (κ2) is 8.63. The van der Waals surface area contributed by atoms with E-state index in [2.05, 4.69) is 34.5 Å². The summed E-state index contributed by atoms with van der Waals surface area (Å²) in [5.74, 6) is 0.664. The smallest absolute Gasteiger partial charge is 0.225 e. The lowest BCUT2D eigenvalue weighted by Crippen LogP contribution is -2.44. The molecule has 2 rings (SSSR count). The predicted octanol–water partition coefficient (Wildman–Crippen LogP) is 3.25. The molecule has 1 amide bonds. The zero-order valence-corrected chi connectivity index (χ0v) is 15.5. The van der Waals surface area contributed by atoms with Gasteiger partial charge in [0.05, 0.1) is 6.10 Å². The Bertz CT molecular complexity index is 510. The van der Waals surface area contributed by atoms with E-state index in [1.165, 1.54) is 18.4 Å². The number of nitrogens with one attached hydrogen (secondary N) is 1. The van der Waals surface area contributed by atoms with Crippen molar-refractivity contribution in [3.05, 3.63) is 35.9 Å². The summed E-state index contributed by atoms with van der Waals surface area (Å²) in [6.45, 7) is 9.68. The summed E-state index contributed by atoms with van der Waals surface area (Å²) >= 11 is 0. The quantitative estimate of drug-likeness (QED) is 0.869. The number of benzene rings is 1. The van der Waals surface area contributed by atoms with Gasteiger partial charge in [0, 0.05) is 32.2 Å². The zero-order valence-electron chi connectivity index (χ0n) is 15.5. The molecular formula is C20H32N2O2. The maximum atomic E-state index is 12.1. The number of methoxy groups -OCH3 is 1. The topological polar surface area (TPSA) is 41.6 Å². The maximum Gasteiger partial charge on any atom is 0.225 e. The van der Waals surface area contributed by atoms with Crippen molar-refractivity contribution < 1.29 is 9.53 Å². The third-order valence-electron chi connectivity index (χ3n) is 4.72. The van der Waals surface area contributed by atoms with Gasteiger partial charge in [0.15, 0.2) is 0 Å². The Kier molecular flexibility index (Phi) is 6.81. The molecule has 0 spiro atoms. The summed E-state index contributed by atoms with van der Waals surface area (Å²) < 4.78 is 5.71. The molecule has 0 unspecified atom stereocenters. The molecule has 1 heterocycles. The molecule has 0 aromatic heterocycles. The summed E-state index contributed by atoms with van der Waals surface area (Å²) in [7, 11) is 1.78. The van der Waals surface area contributed by atoms with Crippen LogP contribution in [0.5, 0.6) is 0 Å². The second-order valence-corrected chi connectivity index (χ2v) is 7.86. The lowest BCUT2D eigenvalue weighted by molar-refractivity contribution is -0.128. The lowest BCUT2D eigenvalue weighted by atomic mass is 9.93. The lowest BCUT2D eigenvalue weighted by Gasteiger charge is -2.35. The van der Waals surface area contributed by atoms with Gasteiger partial charge in [0.25, 0.3) is 0 Å². The fourth-order valence-electron chi connectivity index (χ4n) is 3.20. The van der Waals surface area contributed by atoms with Crippen LogP contribution in [0.25, 0.3) is 0 Å². The predicted molar refractivity (Wildman–Crippen MR) is 97.8 cm³/mol. The van der Waals surface area contributed by atoms with E-state index in [4.69, 9.17) is 4.74 Å². The number of ether oxygens (including phenoxy) is 1. The fraction of sp³-hybridized carbons (Fsp3) is 0.650. The Morgan fingerprint density at radius 3 is 2.67 bits per heavy atom. The maximum absolute atomic E-state index is 12.1. The number of amides is 1. The number of nitrogens with zero attached hydrogens (tertiary/aromatic N) is 1. The van der Waals surface area contributed by atoms with Gasteiger partial charge < -0.3 is 15.0 Å². The monoisotopic (exact) mass is 332 g/mol. The van der Waals surface area contributed by atoms with Crippen LogP contribution in [0.3, 0.4) is 0 Å². The molecule has 134 valence electrons. The Balaban J connectivity index is 1.85. The van der Waals surface area contributed by atoms with Gasteiger partial charge in [-0.15, -0.1) is 0 Å². The van der Waals surface area contributed by atoms with Crippen LogP contribution in [0.15, 0.2) is 30.3 Å². The number of rotatable bonds is 6. The largest absolute Gasteiger partial charge is 0.375 e. The molecule has 0 aliphatic carbocycles. The number of carbonyl (C=O) groups excluding carboxylic acids is 1. The average Bonchev–Trinajstić information content (AvgIpc) is 2.58. The van der Waals surface area contributed by atoms with Crippen molar-refractivity contribution in [3.8, 4) is 0 Å². The van der Waals surface area contributed by atoms with Crippen LogP contribution >= 0.6 is 0 Å². The minimum atomic E-state index is -0.317. The third-order valence-corrected chi connectivity index (χ3v) is 4.72. The standard InChI is InChI=1S/C20H32N2O2/c1-20(2,3)19(23)21-13-16-9-8-12-22(14-16)15-18(24-4)17-10-6-5-7-11-17/h5-7,10-11,16,18H,8-9,12-15H2,1-4H3,(H,21,23)/t16-,18+/m0/s1. The number of piperidine rings is 1. The van der Waals surface area contributed by atoms with Crippen LogP contribution in [0, 0.1) is 11.3 Å². The van der Waals surface area contributed by atoms with E-state index in [9.17, 15) is 4.79 Å². The Labute approximate surface area is 146 Å². The molecule has 24 heavy (non-hydrogen) atoms. The molecule has 2 atom stereocenters. The molecule has 4 nitrogen and oxygen atoms in total. The van der Waals surface area contributed by atoms with Crippen LogP contribution in [0.1, 0.15) is 45.3 Å². The van der Waals surface area contributed by atoms with Crippen molar-refractivity contribution in [1.29, 1.82) is 0 Å². The van der Waals surface area contributed by atoms with Gasteiger partial charge in [0.1, 0.15) is 0 Å². The van der Waals surface area contributed by atoms with Crippen LogP contribution in [0.4, 0.5) is 0 Å². The first-order chi connectivity index (χ1) is 11.4. The number of hydrogen-bond donors (Lipinski definition) is 1. The van der Waals surface area contributed by atoms with Gasteiger partial charge in [-0.05, 0) is 30.9 Å². The zero-order chi connectivity index (χ0) is 17.6. The van der Waals surface area contributed by atoms with Gasteiger partial charge in [0.2, 0.25) is 5.91 Å². The first-order valence-electron chi connectivity index (χ1n) is 8.98. The Morgan fingerprint density at radius 2 is 2.04 bits per heavy atom. The molecule has 1 saturated heterocycles. The molecule has 1 aliphatic heterocycles. The minimum Gasteiger partial charge on any atom is -0.375 e. The van der Waals surface area contributed by atoms with Crippen LogP contribution in [-0.2, 0) is 9.53 Å². The van der Waals surface area contributed by atoms with E-state index < -0.39 is 0 Å². The first-order valence-corrected chi connectivity index (χ1v) is 8.98. The van der Waals surface area contributed by atoms with Crippen molar-refractivity contribution in [3.63, 3.8) is 0 Å². The highest BCUT2D eigenvalue weighted by Crippen LogP contribution is 2.22. The molecule has 1 aromatic carbocycles. The molecule has 1 aliphatic rings. The van der Waals surface area contributed by atoms with Gasteiger partial charge >= 0.3 is 0 Å². The van der Waals surface area contributed by atoms with Crippen molar-refractivity contribution in [2.75, 3.05) is 33.3 Å². The SMILES string of the molecule is CO[C@H](CN1CCC[C@@H](CNC(=O)C(C)(C)C)C1)c1ccccc1. The normalized spacial score (nSPS) is 20.6. The summed E-state index contributed by atoms with van der Waals surface area (Å²) in [5, 5.41) is 3.12. The van der Waals surface area contributed by atoms with Gasteiger partial charge in [-0.25, -0.2) is 0 Å². The summed E-state index contributed by atoms with van der Waals surface area (Å²) in [6, 6.07) is 10.4. The highest BCUT2D eigenvalue weighted by atomic mass is 16.5. The molecule has 0 saturated carbocycles. The molecule has 0 radical (unpaired) electrons. The number of hydrogen-bond acceptors (Lipinski definition) is 3. The Hall–Kier alpha value is -1.39. The van der Waals surface area contributed by atoms with Crippen LogP contribution in [-0.4, -0.2) is 44.1 Å². The van der Waals surface area contributed by atoms with E-state index in [-0.39, 0.29) is 17.4 Å². The average molecular weight is 332 g/mol. The molecule has 1 fully saturated rings. The van der Waals surface area contributed by atoms with Gasteiger partial charge in [-0.1, -0.05) is 51.1 Å². The van der Waals surface area contributed by atoms with Gasteiger partial charge in [-0.3, -0.25) is 4.79 Å². The van der Waals surface area contributed by atoms with E-state index in [1.807, 2.05) is 26.8 Å². The van der Waals surface area contributed by atoms with Crippen molar-refractivity contribution >= 4 is 5.91 Å². The minimum absolute atomic E-state index is 0.106. The molecule has 4 heteroatoms. The van der Waals surface area contributed by atoms with E-state index in [0.717, 1.165) is 26.2 Å². The Morgan fingerprint density at radius 1 is 1.33 bits per heavy atom.